The number of unbranched alkanes of at least 4 members (excludes halogenated alkanes) is 1. The van der Waals surface area contributed by atoms with E-state index in [0.717, 1.165) is 12.1 Å². The zero-order chi connectivity index (χ0) is 13.6. The van der Waals surface area contributed by atoms with Gasteiger partial charge in [-0.1, -0.05) is 0 Å². The van der Waals surface area contributed by atoms with Crippen LogP contribution < -0.4 is 4.74 Å². The van der Waals surface area contributed by atoms with E-state index >= 15 is 0 Å². The van der Waals surface area contributed by atoms with Crippen molar-refractivity contribution in [1.29, 1.82) is 10.5 Å². The van der Waals surface area contributed by atoms with Crippen molar-refractivity contribution in [2.45, 2.75) is 19.0 Å². The zero-order valence-electron chi connectivity index (χ0n) is 9.29. The molecule has 0 amide bonds. The van der Waals surface area contributed by atoms with Crippen molar-refractivity contribution in [3.05, 3.63) is 29.3 Å². The van der Waals surface area contributed by atoms with E-state index in [-0.39, 0.29) is 24.3 Å². The third kappa shape index (κ3) is 3.67. The maximum Gasteiger partial charge on any atom is 0.420 e. The molecule has 0 saturated heterocycles. The van der Waals surface area contributed by atoms with E-state index in [2.05, 4.69) is 0 Å². The molecule has 1 aromatic carbocycles. The summed E-state index contributed by atoms with van der Waals surface area (Å²) in [4.78, 5) is 0. The van der Waals surface area contributed by atoms with Crippen LogP contribution in [-0.2, 0) is 6.18 Å². The maximum absolute atomic E-state index is 12.7. The fourth-order valence-corrected chi connectivity index (χ4v) is 1.28. The fraction of sp³-hybridized carbons (Fsp3) is 0.333. The highest BCUT2D eigenvalue weighted by atomic mass is 19.4. The van der Waals surface area contributed by atoms with Gasteiger partial charge in [0.1, 0.15) is 5.75 Å². The Morgan fingerprint density at radius 3 is 2.50 bits per heavy atom. The second-order valence-corrected chi connectivity index (χ2v) is 3.43. The minimum Gasteiger partial charge on any atom is -0.493 e. The molecule has 0 atom stereocenters. The van der Waals surface area contributed by atoms with E-state index in [0.29, 0.717) is 6.42 Å². The van der Waals surface area contributed by atoms with E-state index in [4.69, 9.17) is 15.3 Å². The number of hydrogen-bond donors (Lipinski definition) is 0. The first-order valence-electron chi connectivity index (χ1n) is 5.10. The molecule has 0 aliphatic heterocycles. The van der Waals surface area contributed by atoms with Crippen molar-refractivity contribution >= 4 is 0 Å². The average Bonchev–Trinajstić information content (AvgIpc) is 2.33. The topological polar surface area (TPSA) is 56.8 Å². The van der Waals surface area contributed by atoms with Crippen molar-refractivity contribution in [3.8, 4) is 17.9 Å². The number of nitrogens with zero attached hydrogens (tertiary/aromatic N) is 2. The molecule has 18 heavy (non-hydrogen) atoms. The second-order valence-electron chi connectivity index (χ2n) is 3.43. The number of nitriles is 2. The predicted octanol–water partition coefficient (Wildman–Crippen LogP) is 3.26. The molecule has 0 heterocycles. The molecule has 0 N–H and O–H groups in total. The highest BCUT2D eigenvalue weighted by molar-refractivity contribution is 5.43. The van der Waals surface area contributed by atoms with Crippen LogP contribution in [0.3, 0.4) is 0 Å². The smallest absolute Gasteiger partial charge is 0.420 e. The third-order valence-corrected chi connectivity index (χ3v) is 2.10. The monoisotopic (exact) mass is 254 g/mol. The number of ether oxygens (including phenoxy) is 1. The number of alkyl halides is 3. The van der Waals surface area contributed by atoms with E-state index < -0.39 is 11.7 Å². The van der Waals surface area contributed by atoms with Crippen molar-refractivity contribution in [1.82, 2.24) is 0 Å². The summed E-state index contributed by atoms with van der Waals surface area (Å²) in [7, 11) is 0. The van der Waals surface area contributed by atoms with Crippen molar-refractivity contribution < 1.29 is 17.9 Å². The Balaban J connectivity index is 2.91. The van der Waals surface area contributed by atoms with Crippen LogP contribution in [0, 0.1) is 22.7 Å². The molecular formula is C12H9F3N2O. The van der Waals surface area contributed by atoms with Gasteiger partial charge in [0.2, 0.25) is 0 Å². The first-order valence-corrected chi connectivity index (χ1v) is 5.10. The Labute approximate surface area is 102 Å². The number of rotatable bonds is 4. The van der Waals surface area contributed by atoms with Gasteiger partial charge in [-0.3, -0.25) is 0 Å². The van der Waals surface area contributed by atoms with E-state index in [9.17, 15) is 13.2 Å². The standard InChI is InChI=1S/C12H9F3N2O/c13-12(14,15)10-7-9(8-17)3-4-11(10)18-6-2-1-5-16/h3-4,7H,1-2,6H2. The quantitative estimate of drug-likeness (QED) is 0.775. The second kappa shape index (κ2) is 5.92. The van der Waals surface area contributed by atoms with Gasteiger partial charge < -0.3 is 4.74 Å². The Morgan fingerprint density at radius 1 is 1.22 bits per heavy atom. The highest BCUT2D eigenvalue weighted by Crippen LogP contribution is 2.36. The lowest BCUT2D eigenvalue weighted by Crippen LogP contribution is -2.09. The van der Waals surface area contributed by atoms with Crippen molar-refractivity contribution in [3.63, 3.8) is 0 Å². The summed E-state index contributed by atoms with van der Waals surface area (Å²) in [5, 5.41) is 16.9. The number of halogens is 3. The van der Waals surface area contributed by atoms with Crippen LogP contribution in [0.25, 0.3) is 0 Å². The van der Waals surface area contributed by atoms with Crippen LogP contribution in [0.15, 0.2) is 18.2 Å². The fourth-order valence-electron chi connectivity index (χ4n) is 1.28. The van der Waals surface area contributed by atoms with Gasteiger partial charge >= 0.3 is 6.18 Å². The van der Waals surface area contributed by atoms with Gasteiger partial charge in [-0.2, -0.15) is 23.7 Å². The van der Waals surface area contributed by atoms with E-state index in [1.807, 2.05) is 6.07 Å². The lowest BCUT2D eigenvalue weighted by atomic mass is 10.1. The Morgan fingerprint density at radius 2 is 1.94 bits per heavy atom. The molecule has 1 aromatic rings. The first kappa shape index (κ1) is 13.9. The Kier molecular flexibility index (Phi) is 4.56. The molecule has 0 spiro atoms. The SMILES string of the molecule is N#CCCCOc1ccc(C#N)cc1C(F)(F)F. The molecule has 0 fully saturated rings. The zero-order valence-corrected chi connectivity index (χ0v) is 9.29. The Hall–Kier alpha value is -2.21. The molecule has 3 nitrogen and oxygen atoms in total. The largest absolute Gasteiger partial charge is 0.493 e. The maximum atomic E-state index is 12.7. The molecule has 94 valence electrons. The summed E-state index contributed by atoms with van der Waals surface area (Å²) in [6.45, 7) is 0.0303. The third-order valence-electron chi connectivity index (χ3n) is 2.10. The predicted molar refractivity (Wildman–Crippen MR) is 56.5 cm³/mol. The summed E-state index contributed by atoms with van der Waals surface area (Å²) < 4.78 is 43.1. The van der Waals surface area contributed by atoms with Crippen LogP contribution in [0.1, 0.15) is 24.0 Å². The average molecular weight is 254 g/mol. The molecule has 0 unspecified atom stereocenters. The van der Waals surface area contributed by atoms with Crippen molar-refractivity contribution in [2.75, 3.05) is 6.61 Å². The molecule has 0 aliphatic rings. The Bertz CT molecular complexity index is 498. The van der Waals surface area contributed by atoms with Gasteiger partial charge in [0, 0.05) is 6.42 Å². The van der Waals surface area contributed by atoms with Gasteiger partial charge in [0.15, 0.2) is 0 Å². The van der Waals surface area contributed by atoms with Gasteiger partial charge in [-0.25, -0.2) is 0 Å². The highest BCUT2D eigenvalue weighted by Gasteiger charge is 2.34. The van der Waals surface area contributed by atoms with Gasteiger partial charge in [0.05, 0.1) is 29.9 Å². The lowest BCUT2D eigenvalue weighted by molar-refractivity contribution is -0.139. The van der Waals surface area contributed by atoms with E-state index in [1.165, 1.54) is 6.07 Å². The molecule has 6 heteroatoms. The summed E-state index contributed by atoms with van der Waals surface area (Å²) in [5.74, 6) is -0.320. The van der Waals surface area contributed by atoms with Crippen LogP contribution >= 0.6 is 0 Å². The minimum atomic E-state index is -4.57. The van der Waals surface area contributed by atoms with Crippen molar-refractivity contribution in [2.24, 2.45) is 0 Å². The summed E-state index contributed by atoms with van der Waals surface area (Å²) in [6, 6.07) is 6.64. The van der Waals surface area contributed by atoms with Gasteiger partial charge in [-0.15, -0.1) is 0 Å². The number of hydrogen-bond acceptors (Lipinski definition) is 3. The molecule has 0 aromatic heterocycles. The van der Waals surface area contributed by atoms with Crippen LogP contribution in [0.4, 0.5) is 13.2 Å². The molecule has 0 saturated carbocycles. The molecule has 0 aliphatic carbocycles. The van der Waals surface area contributed by atoms with Crippen LogP contribution in [-0.4, -0.2) is 6.61 Å². The summed E-state index contributed by atoms with van der Waals surface area (Å²) >= 11 is 0. The van der Waals surface area contributed by atoms with E-state index in [1.54, 1.807) is 6.07 Å². The number of benzene rings is 1. The first-order chi connectivity index (χ1) is 8.49. The minimum absolute atomic E-state index is 0.0303. The van der Waals surface area contributed by atoms with Crippen LogP contribution in [0.2, 0.25) is 0 Å². The molecule has 0 radical (unpaired) electrons. The lowest BCUT2D eigenvalue weighted by Gasteiger charge is -2.13. The van der Waals surface area contributed by atoms with Gasteiger partial charge in [-0.05, 0) is 24.6 Å². The normalized spacial score (nSPS) is 10.5. The summed E-state index contributed by atoms with van der Waals surface area (Å²) in [6.07, 6.45) is -4.00. The van der Waals surface area contributed by atoms with Crippen LogP contribution in [0.5, 0.6) is 5.75 Å². The van der Waals surface area contributed by atoms with Gasteiger partial charge in [0.25, 0.3) is 0 Å². The molecular weight excluding hydrogens is 245 g/mol. The molecule has 1 rings (SSSR count). The summed E-state index contributed by atoms with van der Waals surface area (Å²) in [5.41, 5.74) is -1.05. The molecule has 0 bridgehead atoms.